The lowest BCUT2D eigenvalue weighted by atomic mass is 9.76. The zero-order valence-corrected chi connectivity index (χ0v) is 12.7. The van der Waals surface area contributed by atoms with Crippen LogP contribution < -0.4 is 5.54 Å². The van der Waals surface area contributed by atoms with Gasteiger partial charge in [-0.05, 0) is 36.5 Å². The van der Waals surface area contributed by atoms with Crippen molar-refractivity contribution in [1.82, 2.24) is 5.54 Å². The van der Waals surface area contributed by atoms with Crippen molar-refractivity contribution in [2.45, 2.75) is 60.3 Å². The molecule has 0 amide bonds. The minimum absolute atomic E-state index is 0.0224. The molecule has 0 aromatic carbocycles. The third kappa shape index (κ3) is 8.65. The van der Waals surface area contributed by atoms with Gasteiger partial charge < -0.3 is 4.74 Å². The van der Waals surface area contributed by atoms with Crippen molar-refractivity contribution in [3.8, 4) is 0 Å². The highest BCUT2D eigenvalue weighted by atomic mass is 19.2. The molecule has 0 saturated carbocycles. The predicted octanol–water partition coefficient (Wildman–Crippen LogP) is 4.62. The highest BCUT2D eigenvalue weighted by Gasteiger charge is 2.22. The molecule has 0 atom stereocenters. The van der Waals surface area contributed by atoms with E-state index in [4.69, 9.17) is 4.74 Å². The molecule has 3 heteroatoms. The molecule has 0 aromatic heterocycles. The summed E-state index contributed by atoms with van der Waals surface area (Å²) in [6.07, 6.45) is 4.20. The van der Waals surface area contributed by atoms with Gasteiger partial charge >= 0.3 is 0 Å². The molecule has 0 aliphatic carbocycles. The monoisotopic (exact) mass is 259 g/mol. The van der Waals surface area contributed by atoms with Crippen LogP contribution >= 0.6 is 0 Å². The largest absolute Gasteiger partial charge is 0.364 e. The van der Waals surface area contributed by atoms with E-state index in [1.807, 2.05) is 0 Å². The first-order valence-corrected chi connectivity index (χ1v) is 6.78. The summed E-state index contributed by atoms with van der Waals surface area (Å²) < 4.78 is 16.7. The van der Waals surface area contributed by atoms with Gasteiger partial charge in [0.05, 0.1) is 0 Å². The van der Waals surface area contributed by atoms with Gasteiger partial charge in [-0.2, -0.15) is 0 Å². The first kappa shape index (κ1) is 17.6. The van der Waals surface area contributed by atoms with Crippen molar-refractivity contribution < 1.29 is 9.22 Å². The molecule has 0 aromatic rings. The van der Waals surface area contributed by atoms with Gasteiger partial charge in [0.1, 0.15) is 6.73 Å². The second-order valence-corrected chi connectivity index (χ2v) is 6.84. The average Bonchev–Trinajstić information content (AvgIpc) is 2.24. The summed E-state index contributed by atoms with van der Waals surface area (Å²) in [5, 5.41) is 0. The van der Waals surface area contributed by atoms with Gasteiger partial charge in [0.2, 0.25) is 0 Å². The van der Waals surface area contributed by atoms with Gasteiger partial charge in [-0.15, -0.1) is 10.0 Å². The molecule has 0 fully saturated rings. The minimum Gasteiger partial charge on any atom is -0.364 e. The topological polar surface area (TPSA) is 21.3 Å². The van der Waals surface area contributed by atoms with E-state index in [0.717, 1.165) is 25.7 Å². The van der Waals surface area contributed by atoms with Crippen molar-refractivity contribution in [1.29, 1.82) is 0 Å². The summed E-state index contributed by atoms with van der Waals surface area (Å²) in [4.78, 5) is 0. The van der Waals surface area contributed by atoms with Gasteiger partial charge in [0.25, 0.3) is 0 Å². The smallest absolute Gasteiger partial charge is 0.124 e. The van der Waals surface area contributed by atoms with E-state index in [9.17, 15) is 4.48 Å². The Morgan fingerprint density at radius 1 is 1.17 bits per heavy atom. The Kier molecular flexibility index (Phi) is 7.72. The van der Waals surface area contributed by atoms with Crippen LogP contribution in [0, 0.1) is 10.8 Å². The normalized spacial score (nSPS) is 12.8. The maximum Gasteiger partial charge on any atom is 0.124 e. The third-order valence-corrected chi connectivity index (χ3v) is 3.38. The van der Waals surface area contributed by atoms with E-state index >= 15 is 0 Å². The van der Waals surface area contributed by atoms with Crippen molar-refractivity contribution in [2.24, 2.45) is 10.8 Å². The van der Waals surface area contributed by atoms with Crippen LogP contribution in [-0.2, 0) is 4.74 Å². The van der Waals surface area contributed by atoms with Crippen molar-refractivity contribution in [2.75, 3.05) is 13.3 Å². The van der Waals surface area contributed by atoms with Crippen LogP contribution in [0.15, 0.2) is 12.2 Å². The van der Waals surface area contributed by atoms with Crippen LogP contribution in [0.25, 0.3) is 0 Å². The molecule has 0 unspecified atom stereocenters. The molecular formula is C15H30FNO. The average molecular weight is 259 g/mol. The summed E-state index contributed by atoms with van der Waals surface area (Å²) in [5.41, 5.74) is 3.28. The number of rotatable bonds is 9. The van der Waals surface area contributed by atoms with Gasteiger partial charge in [0, 0.05) is 6.61 Å². The van der Waals surface area contributed by atoms with E-state index in [2.05, 4.69) is 41.2 Å². The molecule has 0 heterocycles. The molecule has 0 spiro atoms. The Bertz CT molecular complexity index is 243. The lowest BCUT2D eigenvalue weighted by Crippen LogP contribution is -2.17. The molecule has 18 heavy (non-hydrogen) atoms. The molecule has 0 saturated heterocycles. The molecule has 0 radical (unpaired) electrons. The fourth-order valence-electron chi connectivity index (χ4n) is 1.77. The summed E-state index contributed by atoms with van der Waals surface area (Å²) in [7, 11) is 0. The lowest BCUT2D eigenvalue weighted by Gasteiger charge is -2.29. The second kappa shape index (κ2) is 7.90. The maximum absolute atomic E-state index is 11.6. The quantitative estimate of drug-likeness (QED) is 0.282. The number of halogens is 1. The van der Waals surface area contributed by atoms with Gasteiger partial charge in [-0.1, -0.05) is 46.8 Å². The highest BCUT2D eigenvalue weighted by Crippen LogP contribution is 2.35. The van der Waals surface area contributed by atoms with Crippen LogP contribution in [0.3, 0.4) is 0 Å². The van der Waals surface area contributed by atoms with Crippen molar-refractivity contribution >= 4 is 0 Å². The molecule has 0 bridgehead atoms. The summed E-state index contributed by atoms with van der Waals surface area (Å²) in [6.45, 7) is 16.0. The van der Waals surface area contributed by atoms with Gasteiger partial charge in [-0.3, -0.25) is 0 Å². The van der Waals surface area contributed by atoms with Gasteiger partial charge in [-0.25, -0.2) is 0 Å². The van der Waals surface area contributed by atoms with E-state index < -0.39 is 0 Å². The zero-order valence-electron chi connectivity index (χ0n) is 12.7. The fourth-order valence-corrected chi connectivity index (χ4v) is 1.77. The third-order valence-electron chi connectivity index (χ3n) is 3.38. The predicted molar refractivity (Wildman–Crippen MR) is 75.9 cm³/mol. The molecule has 2 nitrogen and oxygen atoms in total. The Labute approximate surface area is 112 Å². The minimum atomic E-state index is -0.0224. The number of ether oxygens (including phenoxy) is 1. The summed E-state index contributed by atoms with van der Waals surface area (Å²) >= 11 is 0. The zero-order chi connectivity index (χ0) is 14.2. The van der Waals surface area contributed by atoms with E-state index in [1.165, 1.54) is 11.1 Å². The number of hydrogen-bond acceptors (Lipinski definition) is 2. The van der Waals surface area contributed by atoms with Crippen LogP contribution in [0.5, 0.6) is 0 Å². The second-order valence-electron chi connectivity index (χ2n) is 6.84. The van der Waals surface area contributed by atoms with Crippen molar-refractivity contribution in [3.05, 3.63) is 12.2 Å². The number of allylic oxidation sites excluding steroid dienone is 1. The number of hydrogen-bond donors (Lipinski definition) is 1. The Morgan fingerprint density at radius 2 is 1.78 bits per heavy atom. The first-order valence-electron chi connectivity index (χ1n) is 6.78. The summed E-state index contributed by atoms with van der Waals surface area (Å²) in [6, 6.07) is 0. The Balaban J connectivity index is 3.92. The Hall–Kier alpha value is -0.410. The summed E-state index contributed by atoms with van der Waals surface area (Å²) in [5.74, 6) is 0. The van der Waals surface area contributed by atoms with Crippen LogP contribution in [0.4, 0.5) is 4.48 Å². The molecule has 0 aliphatic rings. The van der Waals surface area contributed by atoms with Crippen LogP contribution in [-0.4, -0.2) is 13.3 Å². The molecule has 0 rings (SSSR count). The fraction of sp³-hybridized carbons (Fsp3) is 0.867. The Morgan fingerprint density at radius 3 is 2.28 bits per heavy atom. The van der Waals surface area contributed by atoms with E-state index in [-0.39, 0.29) is 12.1 Å². The standard InChI is InChI=1S/C15H30FNO/c1-13(8-10-14(2,3)4)15(5,6)9-7-11-18-12-17-16/h17H,1,7-12H2,2-6H3. The molecule has 1 N–H and O–H groups in total. The molecular weight excluding hydrogens is 229 g/mol. The highest BCUT2D eigenvalue weighted by molar-refractivity contribution is 5.07. The van der Waals surface area contributed by atoms with Crippen LogP contribution in [0.1, 0.15) is 60.3 Å². The van der Waals surface area contributed by atoms with E-state index in [1.54, 1.807) is 0 Å². The lowest BCUT2D eigenvalue weighted by molar-refractivity contribution is 0.0664. The molecule has 0 aliphatic heterocycles. The first-order chi connectivity index (χ1) is 8.19. The SMILES string of the molecule is C=C(CCC(C)(C)C)C(C)(C)CCCOCNF. The molecule has 108 valence electrons. The van der Waals surface area contributed by atoms with E-state index in [0.29, 0.717) is 12.0 Å². The number of nitrogens with one attached hydrogen (secondary N) is 1. The maximum atomic E-state index is 11.6. The van der Waals surface area contributed by atoms with Gasteiger partial charge in [0.15, 0.2) is 0 Å². The van der Waals surface area contributed by atoms with Crippen molar-refractivity contribution in [3.63, 3.8) is 0 Å². The van der Waals surface area contributed by atoms with Crippen LogP contribution in [0.2, 0.25) is 0 Å².